The predicted octanol–water partition coefficient (Wildman–Crippen LogP) is 3.61. The number of thiophene rings is 1. The van der Waals surface area contributed by atoms with Crippen molar-refractivity contribution in [2.24, 2.45) is 0 Å². The number of halogens is 1. The maximum absolute atomic E-state index is 13.0. The Morgan fingerprint density at radius 2 is 2.17 bits per heavy atom. The van der Waals surface area contributed by atoms with Crippen LogP contribution in [0.15, 0.2) is 29.1 Å². The molecule has 0 saturated carbocycles. The second-order valence-electron chi connectivity index (χ2n) is 6.69. The van der Waals surface area contributed by atoms with Gasteiger partial charge in [-0.15, -0.1) is 22.7 Å². The molecule has 8 nitrogen and oxygen atoms in total. The molecule has 3 aromatic rings. The summed E-state index contributed by atoms with van der Waals surface area (Å²) in [6.45, 7) is 0.447. The highest BCUT2D eigenvalue weighted by Crippen LogP contribution is 2.38. The molecule has 29 heavy (non-hydrogen) atoms. The van der Waals surface area contributed by atoms with E-state index in [9.17, 15) is 13.2 Å². The molecule has 1 aliphatic rings. The summed E-state index contributed by atoms with van der Waals surface area (Å²) in [5.41, 5.74) is 2.42. The highest BCUT2D eigenvalue weighted by Gasteiger charge is 2.35. The molecule has 12 heteroatoms. The minimum absolute atomic E-state index is 0.287. The van der Waals surface area contributed by atoms with E-state index in [1.54, 1.807) is 23.0 Å². The lowest BCUT2D eigenvalue weighted by Crippen LogP contribution is -2.29. The van der Waals surface area contributed by atoms with Gasteiger partial charge < -0.3 is 4.90 Å². The molecule has 0 radical (unpaired) electrons. The number of aromatic nitrogens is 3. The Hall–Kier alpha value is -1.79. The second-order valence-corrected chi connectivity index (χ2v) is 11.0. The maximum Gasteiger partial charge on any atom is 0.299 e. The summed E-state index contributed by atoms with van der Waals surface area (Å²) in [5, 5.41) is 7.01. The van der Waals surface area contributed by atoms with Crippen LogP contribution in [0, 0.1) is 0 Å². The van der Waals surface area contributed by atoms with Crippen molar-refractivity contribution in [1.29, 1.82) is 0 Å². The number of hydrogen-bond acceptors (Lipinski definition) is 8. The SMILES string of the molecule is CN(c1ccc(Cl)s1)c1cc(C2CCCN2S(C)(=O)=O)nn1C(=O)c1cscn1. The number of sulfonamides is 1. The molecule has 1 atom stereocenters. The van der Waals surface area contributed by atoms with E-state index in [1.807, 2.05) is 18.0 Å². The second kappa shape index (κ2) is 7.80. The molecule has 154 valence electrons. The van der Waals surface area contributed by atoms with Crippen LogP contribution in [0.25, 0.3) is 0 Å². The highest BCUT2D eigenvalue weighted by atomic mass is 35.5. The van der Waals surface area contributed by atoms with Gasteiger partial charge in [0, 0.05) is 25.0 Å². The number of anilines is 2. The van der Waals surface area contributed by atoms with Crippen LogP contribution in [0.4, 0.5) is 10.8 Å². The number of thiazole rings is 1. The first-order chi connectivity index (χ1) is 13.8. The fourth-order valence-electron chi connectivity index (χ4n) is 3.40. The first kappa shape index (κ1) is 20.5. The van der Waals surface area contributed by atoms with Crippen molar-refractivity contribution in [2.75, 3.05) is 24.7 Å². The van der Waals surface area contributed by atoms with Crippen molar-refractivity contribution in [3.05, 3.63) is 44.8 Å². The normalized spacial score (nSPS) is 17.7. The Bertz CT molecular complexity index is 1140. The average molecular weight is 472 g/mol. The number of nitrogens with zero attached hydrogens (tertiary/aromatic N) is 5. The van der Waals surface area contributed by atoms with Gasteiger partial charge in [-0.1, -0.05) is 11.6 Å². The fourth-order valence-corrected chi connectivity index (χ4v) is 6.06. The lowest BCUT2D eigenvalue weighted by atomic mass is 10.1. The molecular weight excluding hydrogens is 454 g/mol. The third-order valence-corrected chi connectivity index (χ3v) is 7.94. The average Bonchev–Trinajstić information content (AvgIpc) is 3.45. The number of rotatable bonds is 5. The standard InChI is InChI=1S/C17H18ClN5O3S3/c1-21(16-6-5-14(18)28-16)15-8-11(13-4-3-7-22(13)29(2,25)26)20-23(15)17(24)12-9-27-10-19-12/h5-6,8-10,13H,3-4,7H2,1-2H3. The van der Waals surface area contributed by atoms with Gasteiger partial charge in [-0.2, -0.15) is 14.1 Å². The fraction of sp³-hybridized carbons (Fsp3) is 0.353. The third kappa shape index (κ3) is 3.97. The molecule has 4 heterocycles. The van der Waals surface area contributed by atoms with Gasteiger partial charge in [0.25, 0.3) is 5.91 Å². The van der Waals surface area contributed by atoms with E-state index >= 15 is 0 Å². The molecule has 0 aromatic carbocycles. The van der Waals surface area contributed by atoms with Gasteiger partial charge in [0.1, 0.15) is 11.5 Å². The summed E-state index contributed by atoms with van der Waals surface area (Å²) < 4.78 is 27.7. The van der Waals surface area contributed by atoms with Crippen LogP contribution in [0.3, 0.4) is 0 Å². The first-order valence-corrected chi connectivity index (χ1v) is 12.7. The van der Waals surface area contributed by atoms with Crippen LogP contribution in [0.5, 0.6) is 0 Å². The molecule has 0 aliphatic carbocycles. The number of hydrogen-bond donors (Lipinski definition) is 0. The molecule has 0 spiro atoms. The lowest BCUT2D eigenvalue weighted by molar-refractivity contribution is 0.0942. The van der Waals surface area contributed by atoms with E-state index in [0.717, 1.165) is 11.4 Å². The molecule has 0 N–H and O–H groups in total. The van der Waals surface area contributed by atoms with Crippen LogP contribution in [-0.4, -0.2) is 53.2 Å². The quantitative estimate of drug-likeness (QED) is 0.564. The van der Waals surface area contributed by atoms with Crippen molar-refractivity contribution in [3.63, 3.8) is 0 Å². The Kier molecular flexibility index (Phi) is 5.51. The van der Waals surface area contributed by atoms with E-state index < -0.39 is 16.1 Å². The zero-order chi connectivity index (χ0) is 20.8. The summed E-state index contributed by atoms with van der Waals surface area (Å²) in [4.78, 5) is 19.0. The maximum atomic E-state index is 13.0. The molecule has 1 unspecified atom stereocenters. The smallest absolute Gasteiger partial charge is 0.299 e. The molecule has 0 bridgehead atoms. The predicted molar refractivity (Wildman–Crippen MR) is 115 cm³/mol. The van der Waals surface area contributed by atoms with Gasteiger partial charge in [0.15, 0.2) is 0 Å². The molecule has 1 fully saturated rings. The van der Waals surface area contributed by atoms with Crippen molar-refractivity contribution in [3.8, 4) is 0 Å². The molecule has 1 saturated heterocycles. The van der Waals surface area contributed by atoms with E-state index in [4.69, 9.17) is 11.6 Å². The summed E-state index contributed by atoms with van der Waals surface area (Å²) in [5.74, 6) is 0.155. The zero-order valence-corrected chi connectivity index (χ0v) is 18.9. The van der Waals surface area contributed by atoms with E-state index in [1.165, 1.54) is 37.9 Å². The Labute approximate surface area is 181 Å². The number of carbonyl (C=O) groups excluding carboxylic acids is 1. The van der Waals surface area contributed by atoms with Crippen LogP contribution in [-0.2, 0) is 10.0 Å². The highest BCUT2D eigenvalue weighted by molar-refractivity contribution is 7.88. The van der Waals surface area contributed by atoms with Crippen LogP contribution in [0.2, 0.25) is 4.34 Å². The first-order valence-electron chi connectivity index (χ1n) is 8.74. The Morgan fingerprint density at radius 1 is 1.38 bits per heavy atom. The van der Waals surface area contributed by atoms with Crippen LogP contribution >= 0.6 is 34.3 Å². The molecule has 3 aromatic heterocycles. The van der Waals surface area contributed by atoms with Gasteiger partial charge in [-0.3, -0.25) is 4.79 Å². The largest absolute Gasteiger partial charge is 0.321 e. The minimum Gasteiger partial charge on any atom is -0.321 e. The summed E-state index contributed by atoms with van der Waals surface area (Å²) in [7, 11) is -1.56. The lowest BCUT2D eigenvalue weighted by Gasteiger charge is -2.20. The van der Waals surface area contributed by atoms with Gasteiger partial charge in [0.05, 0.1) is 32.8 Å². The summed E-state index contributed by atoms with van der Waals surface area (Å²) in [6, 6.07) is 5.01. The molecule has 4 rings (SSSR count). The zero-order valence-electron chi connectivity index (χ0n) is 15.6. The van der Waals surface area contributed by atoms with Gasteiger partial charge in [-0.05, 0) is 25.0 Å². The Morgan fingerprint density at radius 3 is 2.79 bits per heavy atom. The monoisotopic (exact) mass is 471 g/mol. The molecule has 1 aliphatic heterocycles. The van der Waals surface area contributed by atoms with Crippen molar-refractivity contribution in [2.45, 2.75) is 18.9 Å². The van der Waals surface area contributed by atoms with E-state index in [0.29, 0.717) is 28.8 Å². The van der Waals surface area contributed by atoms with Gasteiger partial charge in [0.2, 0.25) is 10.0 Å². The van der Waals surface area contributed by atoms with Crippen LogP contribution < -0.4 is 4.90 Å². The minimum atomic E-state index is -3.38. The van der Waals surface area contributed by atoms with Crippen LogP contribution in [0.1, 0.15) is 35.1 Å². The molecule has 0 amide bonds. The van der Waals surface area contributed by atoms with Crippen molar-refractivity contribution < 1.29 is 13.2 Å². The van der Waals surface area contributed by atoms with Crippen molar-refractivity contribution in [1.82, 2.24) is 19.1 Å². The van der Waals surface area contributed by atoms with Gasteiger partial charge in [-0.25, -0.2) is 13.4 Å². The summed E-state index contributed by atoms with van der Waals surface area (Å²) >= 11 is 8.77. The van der Waals surface area contributed by atoms with E-state index in [2.05, 4.69) is 10.1 Å². The van der Waals surface area contributed by atoms with Gasteiger partial charge >= 0.3 is 0 Å². The summed E-state index contributed by atoms with van der Waals surface area (Å²) in [6.07, 6.45) is 2.60. The van der Waals surface area contributed by atoms with Crippen molar-refractivity contribution >= 4 is 61.0 Å². The molecular formula is C17H18ClN5O3S3. The number of carbonyl (C=O) groups is 1. The topological polar surface area (TPSA) is 88.4 Å². The third-order valence-electron chi connectivity index (χ3n) is 4.76. The van der Waals surface area contributed by atoms with E-state index in [-0.39, 0.29) is 11.6 Å². The Balaban J connectivity index is 1.79.